The maximum absolute atomic E-state index is 12.8. The Balaban J connectivity index is 2.30. The van der Waals surface area contributed by atoms with Gasteiger partial charge in [0.05, 0.1) is 10.8 Å². The van der Waals surface area contributed by atoms with E-state index in [0.717, 1.165) is 11.1 Å². The number of aryl methyl sites for hydroxylation is 2. The van der Waals surface area contributed by atoms with Crippen molar-refractivity contribution in [3.8, 4) is 0 Å². The Labute approximate surface area is 125 Å². The third kappa shape index (κ3) is 3.11. The monoisotopic (exact) mass is 311 g/mol. The standard InChI is InChI=1S/C15H21NO4S/c1-10-4-5-14(11(2)8-10)21(19,20)16-7-6-13(15(17)18)9-12(16)3/h4-5,8,12-13H,6-7,9H2,1-3H3,(H,17,18). The van der Waals surface area contributed by atoms with Gasteiger partial charge in [-0.1, -0.05) is 17.7 Å². The first-order valence-electron chi connectivity index (χ1n) is 7.05. The number of sulfonamides is 1. The van der Waals surface area contributed by atoms with Crippen molar-refractivity contribution in [2.45, 2.75) is 44.6 Å². The predicted octanol–water partition coefficient (Wildman–Crippen LogP) is 2.18. The molecule has 1 aliphatic rings. The lowest BCUT2D eigenvalue weighted by Gasteiger charge is -2.35. The van der Waals surface area contributed by atoms with Gasteiger partial charge >= 0.3 is 5.97 Å². The summed E-state index contributed by atoms with van der Waals surface area (Å²) in [5.41, 5.74) is 1.74. The second kappa shape index (κ2) is 5.77. The van der Waals surface area contributed by atoms with Crippen molar-refractivity contribution < 1.29 is 18.3 Å². The molecule has 21 heavy (non-hydrogen) atoms. The van der Waals surface area contributed by atoms with Crippen molar-refractivity contribution in [2.75, 3.05) is 6.54 Å². The second-order valence-corrected chi connectivity index (χ2v) is 7.65. The molecular weight excluding hydrogens is 290 g/mol. The highest BCUT2D eigenvalue weighted by Gasteiger charge is 2.37. The van der Waals surface area contributed by atoms with Crippen molar-refractivity contribution >= 4 is 16.0 Å². The summed E-state index contributed by atoms with van der Waals surface area (Å²) in [4.78, 5) is 11.4. The molecule has 0 saturated carbocycles. The number of hydrogen-bond donors (Lipinski definition) is 1. The summed E-state index contributed by atoms with van der Waals surface area (Å²) in [6.45, 7) is 5.74. The molecule has 0 aromatic heterocycles. The van der Waals surface area contributed by atoms with Crippen LogP contribution in [-0.4, -0.2) is 36.4 Å². The van der Waals surface area contributed by atoms with E-state index in [2.05, 4.69) is 0 Å². The molecule has 0 aliphatic carbocycles. The molecule has 1 N–H and O–H groups in total. The molecule has 1 heterocycles. The Morgan fingerprint density at radius 2 is 2.00 bits per heavy atom. The lowest BCUT2D eigenvalue weighted by atomic mass is 9.93. The number of rotatable bonds is 3. The molecule has 1 aromatic carbocycles. The van der Waals surface area contributed by atoms with Gasteiger partial charge in [0.15, 0.2) is 0 Å². The van der Waals surface area contributed by atoms with E-state index >= 15 is 0 Å². The third-order valence-electron chi connectivity index (χ3n) is 4.08. The van der Waals surface area contributed by atoms with Crippen LogP contribution in [0, 0.1) is 19.8 Å². The molecule has 1 fully saturated rings. The van der Waals surface area contributed by atoms with E-state index in [1.165, 1.54) is 4.31 Å². The molecule has 0 spiro atoms. The molecule has 116 valence electrons. The molecule has 1 aliphatic heterocycles. The van der Waals surface area contributed by atoms with Crippen LogP contribution in [0.15, 0.2) is 23.1 Å². The molecule has 6 heteroatoms. The van der Waals surface area contributed by atoms with E-state index in [9.17, 15) is 13.2 Å². The average Bonchev–Trinajstić information content (AvgIpc) is 2.37. The largest absolute Gasteiger partial charge is 0.481 e. The number of aliphatic carboxylic acids is 1. The molecule has 1 aromatic rings. The van der Waals surface area contributed by atoms with Crippen LogP contribution in [0.2, 0.25) is 0 Å². The van der Waals surface area contributed by atoms with Gasteiger partial charge in [-0.25, -0.2) is 8.42 Å². The molecule has 2 unspecified atom stereocenters. The number of piperidine rings is 1. The van der Waals surface area contributed by atoms with E-state index in [0.29, 0.717) is 17.7 Å². The van der Waals surface area contributed by atoms with Gasteiger partial charge in [0.2, 0.25) is 10.0 Å². The minimum absolute atomic E-state index is 0.258. The van der Waals surface area contributed by atoms with Crippen molar-refractivity contribution in [1.29, 1.82) is 0 Å². The summed E-state index contributed by atoms with van der Waals surface area (Å²) >= 11 is 0. The summed E-state index contributed by atoms with van der Waals surface area (Å²) in [5, 5.41) is 9.07. The second-order valence-electron chi connectivity index (χ2n) is 5.79. The number of carbonyl (C=O) groups is 1. The number of carboxylic acids is 1. The highest BCUT2D eigenvalue weighted by atomic mass is 32.2. The quantitative estimate of drug-likeness (QED) is 0.928. The maximum Gasteiger partial charge on any atom is 0.306 e. The number of carboxylic acid groups (broad SMARTS) is 1. The first-order chi connectivity index (χ1) is 9.73. The highest BCUT2D eigenvalue weighted by Crippen LogP contribution is 2.30. The predicted molar refractivity (Wildman–Crippen MR) is 79.6 cm³/mol. The topological polar surface area (TPSA) is 74.7 Å². The Kier molecular flexibility index (Phi) is 4.39. The molecule has 5 nitrogen and oxygen atoms in total. The zero-order valence-electron chi connectivity index (χ0n) is 12.5. The molecule has 1 saturated heterocycles. The van der Waals surface area contributed by atoms with Gasteiger partial charge in [-0.05, 0) is 45.2 Å². The normalized spacial score (nSPS) is 24.0. The SMILES string of the molecule is Cc1ccc(S(=O)(=O)N2CCC(C(=O)O)CC2C)c(C)c1. The van der Waals surface area contributed by atoms with Gasteiger partial charge < -0.3 is 5.11 Å². The van der Waals surface area contributed by atoms with Gasteiger partial charge in [-0.2, -0.15) is 4.31 Å². The van der Waals surface area contributed by atoms with E-state index in [-0.39, 0.29) is 12.6 Å². The summed E-state index contributed by atoms with van der Waals surface area (Å²) in [7, 11) is -3.57. The van der Waals surface area contributed by atoms with Gasteiger partial charge in [-0.15, -0.1) is 0 Å². The van der Waals surface area contributed by atoms with E-state index in [1.54, 1.807) is 26.0 Å². The van der Waals surface area contributed by atoms with E-state index in [4.69, 9.17) is 5.11 Å². The minimum atomic E-state index is -3.57. The number of benzene rings is 1. The Hall–Kier alpha value is -1.40. The Bertz CT molecular complexity index is 654. The van der Waals surface area contributed by atoms with Crippen LogP contribution in [0.4, 0.5) is 0 Å². The van der Waals surface area contributed by atoms with Crippen molar-refractivity contribution in [1.82, 2.24) is 4.31 Å². The fourth-order valence-corrected chi connectivity index (χ4v) is 4.81. The maximum atomic E-state index is 12.8. The van der Waals surface area contributed by atoms with Gasteiger partial charge in [0.1, 0.15) is 0 Å². The zero-order valence-corrected chi connectivity index (χ0v) is 13.4. The smallest absolute Gasteiger partial charge is 0.306 e. The summed E-state index contributed by atoms with van der Waals surface area (Å²) in [5.74, 6) is -1.30. The lowest BCUT2D eigenvalue weighted by Crippen LogP contribution is -2.46. The lowest BCUT2D eigenvalue weighted by molar-refractivity contribution is -0.143. The van der Waals surface area contributed by atoms with Crippen molar-refractivity contribution in [2.24, 2.45) is 5.92 Å². The fourth-order valence-electron chi connectivity index (χ4n) is 2.95. The van der Waals surface area contributed by atoms with Crippen LogP contribution in [0.25, 0.3) is 0 Å². The average molecular weight is 311 g/mol. The highest BCUT2D eigenvalue weighted by molar-refractivity contribution is 7.89. The molecule has 2 rings (SSSR count). The molecule has 0 bridgehead atoms. The van der Waals surface area contributed by atoms with Crippen LogP contribution >= 0.6 is 0 Å². The summed E-state index contributed by atoms with van der Waals surface area (Å²) < 4.78 is 27.0. The van der Waals surface area contributed by atoms with Crippen LogP contribution < -0.4 is 0 Å². The van der Waals surface area contributed by atoms with E-state index in [1.807, 2.05) is 13.0 Å². The summed E-state index contributed by atoms with van der Waals surface area (Å²) in [6.07, 6.45) is 0.725. The first-order valence-corrected chi connectivity index (χ1v) is 8.49. The van der Waals surface area contributed by atoms with Crippen molar-refractivity contribution in [3.63, 3.8) is 0 Å². The van der Waals surface area contributed by atoms with Crippen LogP contribution in [0.5, 0.6) is 0 Å². The van der Waals surface area contributed by atoms with Crippen LogP contribution in [0.3, 0.4) is 0 Å². The van der Waals surface area contributed by atoms with Crippen LogP contribution in [0.1, 0.15) is 30.9 Å². The van der Waals surface area contributed by atoms with E-state index < -0.39 is 21.9 Å². The first kappa shape index (κ1) is 16.0. The van der Waals surface area contributed by atoms with Gasteiger partial charge in [0.25, 0.3) is 0 Å². The van der Waals surface area contributed by atoms with Gasteiger partial charge in [0, 0.05) is 12.6 Å². The minimum Gasteiger partial charge on any atom is -0.481 e. The zero-order chi connectivity index (χ0) is 15.8. The van der Waals surface area contributed by atoms with Gasteiger partial charge in [-0.3, -0.25) is 4.79 Å². The molecular formula is C15H21NO4S. The molecule has 2 atom stereocenters. The van der Waals surface area contributed by atoms with Crippen LogP contribution in [-0.2, 0) is 14.8 Å². The number of hydrogen-bond acceptors (Lipinski definition) is 3. The molecule has 0 amide bonds. The summed E-state index contributed by atoms with van der Waals surface area (Å²) in [6, 6.07) is 4.97. The Morgan fingerprint density at radius 3 is 2.52 bits per heavy atom. The van der Waals surface area contributed by atoms with Crippen molar-refractivity contribution in [3.05, 3.63) is 29.3 Å². The Morgan fingerprint density at radius 1 is 1.33 bits per heavy atom. The fraction of sp³-hybridized carbons (Fsp3) is 0.533. The third-order valence-corrected chi connectivity index (χ3v) is 6.26. The number of nitrogens with zero attached hydrogens (tertiary/aromatic N) is 1. The molecule has 0 radical (unpaired) electrons.